The zero-order valence-corrected chi connectivity index (χ0v) is 12.4. The lowest BCUT2D eigenvalue weighted by atomic mass is 10.0. The third-order valence-electron chi connectivity index (χ3n) is 4.08. The molecule has 0 spiro atoms. The predicted molar refractivity (Wildman–Crippen MR) is 80.4 cm³/mol. The highest BCUT2D eigenvalue weighted by Gasteiger charge is 2.46. The van der Waals surface area contributed by atoms with E-state index in [-0.39, 0.29) is 22.3 Å². The first kappa shape index (κ1) is 15.8. The first-order chi connectivity index (χ1) is 11.0. The average Bonchev–Trinajstić information content (AvgIpc) is 2.83. The van der Waals surface area contributed by atoms with Gasteiger partial charge in [0, 0.05) is 12.3 Å². The van der Waals surface area contributed by atoms with E-state index >= 15 is 0 Å². The van der Waals surface area contributed by atoms with E-state index in [1.165, 1.54) is 23.2 Å². The second-order valence-electron chi connectivity index (χ2n) is 5.49. The van der Waals surface area contributed by atoms with Gasteiger partial charge in [0.2, 0.25) is 0 Å². The fourth-order valence-corrected chi connectivity index (χ4v) is 2.79. The smallest absolute Gasteiger partial charge is 0.194 e. The fraction of sp³-hybridized carbons (Fsp3) is 0.500. The number of nitrogens with two attached hydrogens (primary N) is 1. The molecule has 0 aromatic carbocycles. The molecule has 1 aliphatic heterocycles. The summed E-state index contributed by atoms with van der Waals surface area (Å²) in [5.41, 5.74) is 5.56. The van der Waals surface area contributed by atoms with E-state index in [1.807, 2.05) is 0 Å². The molecule has 0 radical (unpaired) electrons. The number of aliphatic hydroxyl groups excluding tert-OH is 3. The Morgan fingerprint density at radius 2 is 2.13 bits per heavy atom. The van der Waals surface area contributed by atoms with Gasteiger partial charge in [0.15, 0.2) is 17.3 Å². The van der Waals surface area contributed by atoms with E-state index < -0.39 is 30.6 Å². The van der Waals surface area contributed by atoms with Crippen LogP contribution in [0.2, 0.25) is 0 Å². The monoisotopic (exact) mass is 322 g/mol. The topological polar surface area (TPSA) is 144 Å². The molecular weight excluding hydrogens is 304 g/mol. The molecule has 23 heavy (non-hydrogen) atoms. The molecule has 2 aromatic rings. The van der Waals surface area contributed by atoms with Gasteiger partial charge in [-0.15, -0.1) is 0 Å². The lowest BCUT2D eigenvalue weighted by molar-refractivity contribution is -0.0840. The Bertz CT molecular complexity index is 779. The summed E-state index contributed by atoms with van der Waals surface area (Å²) in [7, 11) is 0. The van der Waals surface area contributed by atoms with Crippen LogP contribution in [0, 0.1) is 0 Å². The van der Waals surface area contributed by atoms with Crippen molar-refractivity contribution in [3.05, 3.63) is 28.8 Å². The number of pyridine rings is 1. The Balaban J connectivity index is 2.09. The van der Waals surface area contributed by atoms with Crippen molar-refractivity contribution in [2.24, 2.45) is 0 Å². The quantitative estimate of drug-likeness (QED) is 0.549. The van der Waals surface area contributed by atoms with Crippen molar-refractivity contribution in [2.75, 3.05) is 5.73 Å². The average molecular weight is 322 g/mol. The SMILES string of the molecule is CC[C@H](O)[C@H]1O[C@@H](n2ccc(=O)c3c(N)ncnc32)[C@H](O)[C@@H]1O. The molecule has 124 valence electrons. The van der Waals surface area contributed by atoms with Gasteiger partial charge in [-0.1, -0.05) is 6.92 Å². The highest BCUT2D eigenvalue weighted by Crippen LogP contribution is 2.33. The van der Waals surface area contributed by atoms with Gasteiger partial charge in [0.25, 0.3) is 0 Å². The fourth-order valence-electron chi connectivity index (χ4n) is 2.79. The van der Waals surface area contributed by atoms with Crippen LogP contribution in [0.5, 0.6) is 0 Å². The van der Waals surface area contributed by atoms with Crippen molar-refractivity contribution in [3.8, 4) is 0 Å². The Morgan fingerprint density at radius 3 is 2.83 bits per heavy atom. The predicted octanol–water partition coefficient (Wildman–Crippen LogP) is -1.24. The molecule has 1 saturated heterocycles. The van der Waals surface area contributed by atoms with Crippen molar-refractivity contribution in [1.82, 2.24) is 14.5 Å². The molecule has 5 N–H and O–H groups in total. The second kappa shape index (κ2) is 5.85. The van der Waals surface area contributed by atoms with Crippen LogP contribution in [0.25, 0.3) is 11.0 Å². The third kappa shape index (κ3) is 2.47. The first-order valence-electron chi connectivity index (χ1n) is 7.26. The van der Waals surface area contributed by atoms with Gasteiger partial charge in [0.05, 0.1) is 6.10 Å². The van der Waals surface area contributed by atoms with Crippen molar-refractivity contribution in [2.45, 2.75) is 44.0 Å². The van der Waals surface area contributed by atoms with Gasteiger partial charge in [-0.3, -0.25) is 4.79 Å². The maximum Gasteiger partial charge on any atom is 0.194 e. The van der Waals surface area contributed by atoms with Crippen molar-refractivity contribution < 1.29 is 20.1 Å². The number of ether oxygens (including phenoxy) is 1. The molecule has 1 fully saturated rings. The van der Waals surface area contributed by atoms with Gasteiger partial charge in [-0.25, -0.2) is 9.97 Å². The summed E-state index contributed by atoms with van der Waals surface area (Å²) in [6.45, 7) is 1.74. The van der Waals surface area contributed by atoms with Crippen LogP contribution >= 0.6 is 0 Å². The van der Waals surface area contributed by atoms with Crippen LogP contribution in [-0.4, -0.2) is 54.3 Å². The van der Waals surface area contributed by atoms with E-state index in [2.05, 4.69) is 9.97 Å². The van der Waals surface area contributed by atoms with Gasteiger partial charge < -0.3 is 30.4 Å². The molecule has 9 heteroatoms. The lowest BCUT2D eigenvalue weighted by Gasteiger charge is -2.21. The summed E-state index contributed by atoms with van der Waals surface area (Å²) < 4.78 is 7.03. The maximum absolute atomic E-state index is 12.0. The zero-order chi connectivity index (χ0) is 16.7. The Hall–Kier alpha value is -2.07. The molecule has 0 saturated carbocycles. The highest BCUT2D eigenvalue weighted by molar-refractivity contribution is 5.84. The van der Waals surface area contributed by atoms with Crippen LogP contribution in [0.1, 0.15) is 19.6 Å². The minimum atomic E-state index is -1.29. The number of nitrogens with zero attached hydrogens (tertiary/aromatic N) is 3. The van der Waals surface area contributed by atoms with E-state index in [1.54, 1.807) is 6.92 Å². The van der Waals surface area contributed by atoms with Crippen LogP contribution in [0.3, 0.4) is 0 Å². The summed E-state index contributed by atoms with van der Waals surface area (Å²) in [6.07, 6.45) is -2.45. The largest absolute Gasteiger partial charge is 0.390 e. The van der Waals surface area contributed by atoms with Gasteiger partial charge >= 0.3 is 0 Å². The molecule has 0 amide bonds. The number of aliphatic hydroxyl groups is 3. The molecule has 0 aliphatic carbocycles. The van der Waals surface area contributed by atoms with E-state index in [0.29, 0.717) is 6.42 Å². The molecule has 9 nitrogen and oxygen atoms in total. The van der Waals surface area contributed by atoms with Crippen molar-refractivity contribution in [3.63, 3.8) is 0 Å². The summed E-state index contributed by atoms with van der Waals surface area (Å²) in [5, 5.41) is 30.4. The van der Waals surface area contributed by atoms with Crippen molar-refractivity contribution in [1.29, 1.82) is 0 Å². The lowest BCUT2D eigenvalue weighted by Crippen LogP contribution is -2.38. The number of anilines is 1. The van der Waals surface area contributed by atoms with E-state index in [0.717, 1.165) is 0 Å². The third-order valence-corrected chi connectivity index (χ3v) is 4.08. The van der Waals surface area contributed by atoms with E-state index in [9.17, 15) is 20.1 Å². The van der Waals surface area contributed by atoms with Crippen LogP contribution in [0.15, 0.2) is 23.4 Å². The van der Waals surface area contributed by atoms with Crippen molar-refractivity contribution >= 4 is 16.9 Å². The molecule has 0 bridgehead atoms. The second-order valence-corrected chi connectivity index (χ2v) is 5.49. The summed E-state index contributed by atoms with van der Waals surface area (Å²) >= 11 is 0. The molecule has 0 unspecified atom stereocenters. The summed E-state index contributed by atoms with van der Waals surface area (Å²) in [5.74, 6) is 0.0209. The number of rotatable bonds is 3. The van der Waals surface area contributed by atoms with E-state index in [4.69, 9.17) is 10.5 Å². The zero-order valence-electron chi connectivity index (χ0n) is 12.4. The van der Waals surface area contributed by atoms with Gasteiger partial charge in [-0.2, -0.15) is 0 Å². The number of hydrogen-bond donors (Lipinski definition) is 4. The number of nitrogen functional groups attached to an aromatic ring is 1. The minimum absolute atomic E-state index is 0.0209. The molecule has 3 rings (SSSR count). The number of aromatic nitrogens is 3. The Morgan fingerprint density at radius 1 is 1.39 bits per heavy atom. The molecule has 1 aliphatic rings. The van der Waals surface area contributed by atoms with Crippen LogP contribution < -0.4 is 11.2 Å². The maximum atomic E-state index is 12.0. The molecular formula is C14H18N4O5. The summed E-state index contributed by atoms with van der Waals surface area (Å²) in [6, 6.07) is 1.26. The summed E-state index contributed by atoms with van der Waals surface area (Å²) in [4.78, 5) is 19.8. The Labute approximate surface area is 131 Å². The standard InChI is InChI=1S/C14H18N4O5/c1-2-6(19)11-9(21)10(22)14(23-11)18-4-3-7(20)8-12(15)16-5-17-13(8)18/h3-6,9-11,14,19,21-22H,2H2,1H3,(H2,15,16,17)/t6-,9-,10+,11+,14+/m0/s1. The molecule has 2 aromatic heterocycles. The number of fused-ring (bicyclic) bond motifs is 1. The van der Waals surface area contributed by atoms with Crippen LogP contribution in [-0.2, 0) is 4.74 Å². The van der Waals surface area contributed by atoms with Crippen LogP contribution in [0.4, 0.5) is 5.82 Å². The van der Waals surface area contributed by atoms with Gasteiger partial charge in [-0.05, 0) is 6.42 Å². The molecule has 5 atom stereocenters. The Kier molecular flexibility index (Phi) is 4.02. The number of hydrogen-bond acceptors (Lipinski definition) is 8. The minimum Gasteiger partial charge on any atom is -0.390 e. The van der Waals surface area contributed by atoms with Gasteiger partial charge in [0.1, 0.15) is 35.8 Å². The first-order valence-corrected chi connectivity index (χ1v) is 7.26. The molecule has 3 heterocycles. The highest BCUT2D eigenvalue weighted by atomic mass is 16.6. The normalized spacial score (nSPS) is 29.0.